The Balaban J connectivity index is 1.46. The summed E-state index contributed by atoms with van der Waals surface area (Å²) in [5, 5.41) is 3.55. The van der Waals surface area contributed by atoms with E-state index in [9.17, 15) is 9.59 Å². The quantitative estimate of drug-likeness (QED) is 0.197. The molecule has 0 radical (unpaired) electrons. The number of likely N-dealkylation sites (N-methyl/N-ethyl adjacent to an activating group) is 1. The molecule has 214 valence electrons. The molecule has 0 spiro atoms. The van der Waals surface area contributed by atoms with Crippen LogP contribution in [0.2, 0.25) is 5.02 Å². The van der Waals surface area contributed by atoms with Gasteiger partial charge in [-0.3, -0.25) is 9.59 Å². The number of hydrogen-bond donors (Lipinski definition) is 2. The Morgan fingerprint density at radius 1 is 0.860 bits per heavy atom. The molecule has 0 saturated carbocycles. The molecular formula is C34H30ClN6O2+. The van der Waals surface area contributed by atoms with Gasteiger partial charge < -0.3 is 15.2 Å². The van der Waals surface area contributed by atoms with Crippen LogP contribution in [-0.2, 0) is 0 Å². The van der Waals surface area contributed by atoms with Crippen molar-refractivity contribution in [1.82, 2.24) is 24.7 Å². The fourth-order valence-corrected chi connectivity index (χ4v) is 5.30. The summed E-state index contributed by atoms with van der Waals surface area (Å²) in [5.74, 6) is 0.661. The summed E-state index contributed by atoms with van der Waals surface area (Å²) < 4.78 is -0.0929. The maximum absolute atomic E-state index is 13.4. The number of halogens is 1. The molecule has 0 fully saturated rings. The molecule has 43 heavy (non-hydrogen) atoms. The maximum Gasteiger partial charge on any atom is 0.283 e. The Hall–Kier alpha value is -4.89. The van der Waals surface area contributed by atoms with Gasteiger partial charge in [-0.05, 0) is 43.4 Å². The Morgan fingerprint density at radius 3 is 2.28 bits per heavy atom. The fraction of sp³-hybridized carbons (Fsp3) is 0.118. The molecular weight excluding hydrogens is 560 g/mol. The second-order valence-corrected chi connectivity index (χ2v) is 11.0. The summed E-state index contributed by atoms with van der Waals surface area (Å²) >= 11 is 6.27. The molecule has 4 aromatic carbocycles. The lowest BCUT2D eigenvalue weighted by Crippen LogP contribution is -2.37. The monoisotopic (exact) mass is 589 g/mol. The molecule has 5 aromatic rings. The van der Waals surface area contributed by atoms with Gasteiger partial charge in [-0.15, -0.1) is 0 Å². The minimum atomic E-state index is -0.352. The molecule has 1 unspecified atom stereocenters. The molecule has 0 bridgehead atoms. The van der Waals surface area contributed by atoms with E-state index in [-0.39, 0.29) is 21.6 Å². The highest BCUT2D eigenvalue weighted by Crippen LogP contribution is 2.48. The molecule has 2 N–H and O–H groups in total. The van der Waals surface area contributed by atoms with Crippen LogP contribution in [0, 0.1) is 0 Å². The van der Waals surface area contributed by atoms with Crippen molar-refractivity contribution in [3.8, 4) is 22.5 Å². The average molecular weight is 590 g/mol. The molecule has 1 aliphatic heterocycles. The van der Waals surface area contributed by atoms with Crippen LogP contribution in [0.15, 0.2) is 113 Å². The number of nitrogens with zero attached hydrogens (tertiary/aromatic N) is 4. The zero-order valence-corrected chi connectivity index (χ0v) is 24.5. The zero-order valence-electron chi connectivity index (χ0n) is 23.8. The van der Waals surface area contributed by atoms with Gasteiger partial charge in [0.05, 0.1) is 0 Å². The second-order valence-electron chi connectivity index (χ2n) is 10.6. The number of quaternary nitrogens is 1. The Morgan fingerprint density at radius 2 is 1.56 bits per heavy atom. The van der Waals surface area contributed by atoms with Crippen molar-refractivity contribution in [2.45, 2.75) is 0 Å². The first-order chi connectivity index (χ1) is 20.8. The molecule has 1 aromatic heterocycles. The predicted molar refractivity (Wildman–Crippen MR) is 174 cm³/mol. The summed E-state index contributed by atoms with van der Waals surface area (Å²) in [6.45, 7) is 1.24. The van der Waals surface area contributed by atoms with Crippen LogP contribution in [0.4, 0.5) is 22.9 Å². The van der Waals surface area contributed by atoms with E-state index in [0.29, 0.717) is 34.5 Å². The van der Waals surface area contributed by atoms with Gasteiger partial charge in [0.15, 0.2) is 5.69 Å². The number of hydrogen-bond acceptors (Lipinski definition) is 5. The third kappa shape index (κ3) is 5.51. The molecule has 6 rings (SSSR count). The van der Waals surface area contributed by atoms with Crippen LogP contribution < -0.4 is 15.4 Å². The summed E-state index contributed by atoms with van der Waals surface area (Å²) in [4.78, 5) is 41.0. The molecule has 0 saturated heterocycles. The number of amides is 1. The van der Waals surface area contributed by atoms with Gasteiger partial charge in [-0.1, -0.05) is 72.3 Å². The highest BCUT2D eigenvalue weighted by molar-refractivity contribution is 6.30. The molecule has 9 heteroatoms. The molecule has 1 atom stereocenters. The van der Waals surface area contributed by atoms with Gasteiger partial charge in [0.25, 0.3) is 17.3 Å². The number of carbonyl (C=O) groups excluding carboxylic acids is 1. The lowest BCUT2D eigenvalue weighted by molar-refractivity contribution is 0.0951. The van der Waals surface area contributed by atoms with E-state index < -0.39 is 0 Å². The van der Waals surface area contributed by atoms with Crippen LogP contribution in [0.25, 0.3) is 22.5 Å². The number of aromatic nitrogens is 2. The van der Waals surface area contributed by atoms with E-state index in [1.54, 1.807) is 24.5 Å². The first kappa shape index (κ1) is 28.2. The van der Waals surface area contributed by atoms with Crippen LogP contribution in [0.3, 0.4) is 0 Å². The van der Waals surface area contributed by atoms with Crippen molar-refractivity contribution in [1.29, 1.82) is 0 Å². The van der Waals surface area contributed by atoms with Crippen molar-refractivity contribution < 1.29 is 4.79 Å². The van der Waals surface area contributed by atoms with Crippen molar-refractivity contribution in [2.75, 3.05) is 27.2 Å². The van der Waals surface area contributed by atoms with E-state index in [1.807, 2.05) is 91.8 Å². The normalized spacial score (nSPS) is 15.4. The van der Waals surface area contributed by atoms with Crippen LogP contribution in [0.1, 0.15) is 10.4 Å². The number of carbonyl (C=O) groups is 1. The molecule has 1 amide bonds. The Bertz CT molecular complexity index is 1870. The van der Waals surface area contributed by atoms with Gasteiger partial charge in [0.1, 0.15) is 11.5 Å². The van der Waals surface area contributed by atoms with Crippen molar-refractivity contribution in [3.63, 3.8) is 0 Å². The number of nitrogens with one attached hydrogen (secondary N) is 2. The highest BCUT2D eigenvalue weighted by Gasteiger charge is 2.45. The third-order valence-corrected chi connectivity index (χ3v) is 7.68. The minimum Gasteiger partial charge on any atom is -0.351 e. The van der Waals surface area contributed by atoms with Crippen molar-refractivity contribution >= 4 is 46.7 Å². The standard InChI is InChI=1S/C34H29ClN6O2/c1-40(2)20-19-36-33(42)26-9-6-10-29(21-26)41(28-17-15-27(35)16-18-28)22-37-30-32(41)38-31(39-34(30)43)25-13-11-24(12-14-25)23-7-4-3-5-8-23/h3-18,21-22H,19-20H2,1-2H3,(H-,36,38,39,42,43)/p+1. The number of aliphatic imine (C=N–C) groups is 1. The van der Waals surface area contributed by atoms with Gasteiger partial charge >= 0.3 is 0 Å². The van der Waals surface area contributed by atoms with Crippen LogP contribution in [-0.4, -0.2) is 54.3 Å². The highest BCUT2D eigenvalue weighted by atomic mass is 35.5. The van der Waals surface area contributed by atoms with Crippen molar-refractivity contribution in [3.05, 3.63) is 124 Å². The van der Waals surface area contributed by atoms with Gasteiger partial charge in [0.2, 0.25) is 12.0 Å². The Kier molecular flexibility index (Phi) is 7.73. The number of aromatic amines is 1. The van der Waals surface area contributed by atoms with Crippen LogP contribution >= 0.6 is 11.6 Å². The van der Waals surface area contributed by atoms with Crippen molar-refractivity contribution in [2.24, 2.45) is 4.99 Å². The number of fused-ring (bicyclic) bond motifs is 1. The van der Waals surface area contributed by atoms with Gasteiger partial charge in [-0.25, -0.2) is 0 Å². The summed E-state index contributed by atoms with van der Waals surface area (Å²) in [7, 11) is 3.91. The third-order valence-electron chi connectivity index (χ3n) is 7.43. The number of benzene rings is 4. The summed E-state index contributed by atoms with van der Waals surface area (Å²) in [6.07, 6.45) is 1.68. The summed E-state index contributed by atoms with van der Waals surface area (Å²) in [5.41, 5.74) is 4.73. The molecule has 2 heterocycles. The number of rotatable bonds is 8. The SMILES string of the molecule is CN(C)CCNC(=O)c1cccc([N+]2(c3ccc(Cl)cc3)C=Nc3c2nc(-c2ccc(-c4ccccc4)cc2)[nH]c3=O)c1. The van der Waals surface area contributed by atoms with E-state index in [1.165, 1.54) is 0 Å². The molecule has 1 aliphatic rings. The van der Waals surface area contributed by atoms with E-state index in [4.69, 9.17) is 16.6 Å². The second kappa shape index (κ2) is 11.8. The Labute approximate surface area is 254 Å². The smallest absolute Gasteiger partial charge is 0.283 e. The van der Waals surface area contributed by atoms with Crippen LogP contribution in [0.5, 0.6) is 0 Å². The zero-order chi connectivity index (χ0) is 30.0. The van der Waals surface area contributed by atoms with Gasteiger partial charge in [-0.2, -0.15) is 14.5 Å². The lowest BCUT2D eigenvalue weighted by Gasteiger charge is -2.29. The van der Waals surface area contributed by atoms with E-state index in [2.05, 4.69) is 27.4 Å². The maximum atomic E-state index is 13.4. The van der Waals surface area contributed by atoms with E-state index >= 15 is 0 Å². The first-order valence-electron chi connectivity index (χ1n) is 13.9. The molecule has 0 aliphatic carbocycles. The largest absolute Gasteiger partial charge is 0.351 e. The predicted octanol–water partition coefficient (Wildman–Crippen LogP) is 6.69. The fourth-order valence-electron chi connectivity index (χ4n) is 5.17. The lowest BCUT2D eigenvalue weighted by atomic mass is 10.0. The minimum absolute atomic E-state index is 0.0929. The number of H-pyrrole nitrogens is 1. The van der Waals surface area contributed by atoms with Gasteiger partial charge in [0, 0.05) is 53.5 Å². The summed E-state index contributed by atoms with van der Waals surface area (Å²) in [6, 6.07) is 32.6. The first-order valence-corrected chi connectivity index (χ1v) is 14.3. The van der Waals surface area contributed by atoms with E-state index in [0.717, 1.165) is 28.9 Å². The molecule has 8 nitrogen and oxygen atoms in total. The average Bonchev–Trinajstić information content (AvgIpc) is 3.43. The topological polar surface area (TPSA) is 90.4 Å².